The van der Waals surface area contributed by atoms with Crippen LogP contribution in [0.3, 0.4) is 0 Å². The number of aromatic amines is 1. The van der Waals surface area contributed by atoms with E-state index in [0.29, 0.717) is 30.3 Å². The van der Waals surface area contributed by atoms with Gasteiger partial charge in [-0.05, 0) is 13.3 Å². The lowest BCUT2D eigenvalue weighted by Gasteiger charge is -2.10. The van der Waals surface area contributed by atoms with Crippen molar-refractivity contribution in [2.24, 2.45) is 0 Å². The highest BCUT2D eigenvalue weighted by Gasteiger charge is 2.20. The van der Waals surface area contributed by atoms with Crippen LogP contribution in [-0.2, 0) is 11.3 Å². The minimum Gasteiger partial charge on any atom is -0.385 e. The molecule has 1 atom stereocenters. The van der Waals surface area contributed by atoms with Crippen LogP contribution in [0.1, 0.15) is 23.7 Å². The minimum absolute atomic E-state index is 0.0180. The Morgan fingerprint density at radius 3 is 2.82 bits per heavy atom. The molecule has 2 aromatic rings. The second-order valence-corrected chi connectivity index (χ2v) is 6.11. The average Bonchev–Trinajstić information content (AvgIpc) is 2.88. The van der Waals surface area contributed by atoms with Crippen molar-refractivity contribution < 1.29 is 9.53 Å². The van der Waals surface area contributed by atoms with E-state index in [4.69, 9.17) is 4.74 Å². The van der Waals surface area contributed by atoms with Gasteiger partial charge >= 0.3 is 5.69 Å². The van der Waals surface area contributed by atoms with Gasteiger partial charge in [0.1, 0.15) is 0 Å². The van der Waals surface area contributed by atoms with Crippen molar-refractivity contribution in [3.63, 3.8) is 0 Å². The normalized spacial score (nSPS) is 12.3. The third-order valence-corrected chi connectivity index (χ3v) is 4.25. The summed E-state index contributed by atoms with van der Waals surface area (Å²) in [5.41, 5.74) is 0.393. The molecule has 1 heterocycles. The first kappa shape index (κ1) is 16.5. The smallest absolute Gasteiger partial charge is 0.343 e. The molecule has 0 spiro atoms. The molecule has 1 N–H and O–H groups in total. The summed E-state index contributed by atoms with van der Waals surface area (Å²) >= 11 is 1.28. The predicted octanol–water partition coefficient (Wildman–Crippen LogP) is 1.97. The van der Waals surface area contributed by atoms with Crippen molar-refractivity contribution in [1.29, 1.82) is 0 Å². The van der Waals surface area contributed by atoms with E-state index in [1.54, 1.807) is 23.8 Å². The van der Waals surface area contributed by atoms with E-state index in [1.165, 1.54) is 11.8 Å². The summed E-state index contributed by atoms with van der Waals surface area (Å²) in [6, 6.07) is 9.11. The molecule has 22 heavy (non-hydrogen) atoms. The van der Waals surface area contributed by atoms with Gasteiger partial charge in [0.05, 0.1) is 5.25 Å². The van der Waals surface area contributed by atoms with Crippen molar-refractivity contribution in [1.82, 2.24) is 14.8 Å². The Balaban J connectivity index is 2.07. The number of rotatable bonds is 8. The summed E-state index contributed by atoms with van der Waals surface area (Å²) in [5, 5.41) is 6.64. The molecule has 0 fully saturated rings. The molecule has 0 saturated carbocycles. The molecule has 1 aromatic heterocycles. The Morgan fingerprint density at radius 1 is 1.41 bits per heavy atom. The SMILES string of the molecule is COCCCn1c(SC(C)C(=O)c2ccccc2)n[nH]c1=O. The highest BCUT2D eigenvalue weighted by molar-refractivity contribution is 8.00. The van der Waals surface area contributed by atoms with Gasteiger partial charge in [0.15, 0.2) is 10.9 Å². The maximum atomic E-state index is 12.4. The molecule has 0 radical (unpaired) electrons. The second kappa shape index (κ2) is 7.95. The Morgan fingerprint density at radius 2 is 2.14 bits per heavy atom. The van der Waals surface area contributed by atoms with Crippen LogP contribution in [0.25, 0.3) is 0 Å². The third-order valence-electron chi connectivity index (χ3n) is 3.16. The lowest BCUT2D eigenvalue weighted by molar-refractivity contribution is 0.0994. The molecule has 0 aliphatic carbocycles. The fourth-order valence-corrected chi connectivity index (χ4v) is 2.97. The fraction of sp³-hybridized carbons (Fsp3) is 0.400. The largest absolute Gasteiger partial charge is 0.385 e. The first-order valence-corrected chi connectivity index (χ1v) is 7.91. The summed E-state index contributed by atoms with van der Waals surface area (Å²) in [4.78, 5) is 24.1. The standard InChI is InChI=1S/C15H19N3O3S/c1-11(13(19)12-7-4-3-5-8-12)22-15-17-16-14(20)18(15)9-6-10-21-2/h3-5,7-8,11H,6,9-10H2,1-2H3,(H,16,20). The number of methoxy groups -OCH3 is 1. The Bertz CT molecular complexity index is 666. The number of hydrogen-bond acceptors (Lipinski definition) is 5. The Kier molecular flexibility index (Phi) is 5.97. The van der Waals surface area contributed by atoms with E-state index in [-0.39, 0.29) is 16.7 Å². The molecule has 118 valence electrons. The van der Waals surface area contributed by atoms with Gasteiger partial charge in [-0.2, -0.15) is 0 Å². The van der Waals surface area contributed by atoms with Crippen LogP contribution in [-0.4, -0.2) is 39.5 Å². The molecule has 0 amide bonds. The minimum atomic E-state index is -0.321. The highest BCUT2D eigenvalue weighted by atomic mass is 32.2. The number of benzene rings is 1. The molecule has 1 aromatic carbocycles. The number of Topliss-reactive ketones (excluding diaryl/α,β-unsaturated/α-hetero) is 1. The van der Waals surface area contributed by atoms with Crippen LogP contribution < -0.4 is 5.69 Å². The second-order valence-electron chi connectivity index (χ2n) is 4.80. The van der Waals surface area contributed by atoms with Crippen molar-refractivity contribution >= 4 is 17.5 Å². The first-order chi connectivity index (χ1) is 10.6. The predicted molar refractivity (Wildman–Crippen MR) is 85.4 cm³/mol. The summed E-state index contributed by atoms with van der Waals surface area (Å²) in [6.45, 7) is 2.90. The summed E-state index contributed by atoms with van der Waals surface area (Å²) in [7, 11) is 1.62. The molecule has 2 rings (SSSR count). The van der Waals surface area contributed by atoms with Gasteiger partial charge in [0.2, 0.25) is 0 Å². The highest BCUT2D eigenvalue weighted by Crippen LogP contribution is 2.23. The van der Waals surface area contributed by atoms with Crippen molar-refractivity contribution in [3.8, 4) is 0 Å². The van der Waals surface area contributed by atoms with Crippen LogP contribution in [0.4, 0.5) is 0 Å². The zero-order valence-corrected chi connectivity index (χ0v) is 13.4. The lowest BCUT2D eigenvalue weighted by atomic mass is 10.1. The summed E-state index contributed by atoms with van der Waals surface area (Å²) in [5.74, 6) is 0.0180. The summed E-state index contributed by atoms with van der Waals surface area (Å²) < 4.78 is 6.53. The van der Waals surface area contributed by atoms with Gasteiger partial charge in [0, 0.05) is 25.8 Å². The van der Waals surface area contributed by atoms with Crippen LogP contribution in [0, 0.1) is 0 Å². The van der Waals surface area contributed by atoms with E-state index in [0.717, 1.165) is 0 Å². The fourth-order valence-electron chi connectivity index (χ4n) is 2.01. The number of H-pyrrole nitrogens is 1. The van der Waals surface area contributed by atoms with Gasteiger partial charge in [-0.15, -0.1) is 5.10 Å². The van der Waals surface area contributed by atoms with E-state index < -0.39 is 0 Å². The van der Waals surface area contributed by atoms with Gasteiger partial charge < -0.3 is 4.74 Å². The average molecular weight is 321 g/mol. The van der Waals surface area contributed by atoms with Crippen LogP contribution >= 0.6 is 11.8 Å². The monoisotopic (exact) mass is 321 g/mol. The number of ketones is 1. The van der Waals surface area contributed by atoms with E-state index in [1.807, 2.05) is 25.1 Å². The van der Waals surface area contributed by atoms with Crippen LogP contribution in [0.2, 0.25) is 0 Å². The molecule has 0 bridgehead atoms. The number of thioether (sulfide) groups is 1. The van der Waals surface area contributed by atoms with E-state index in [2.05, 4.69) is 10.2 Å². The van der Waals surface area contributed by atoms with Gasteiger partial charge in [-0.25, -0.2) is 9.89 Å². The maximum absolute atomic E-state index is 12.4. The lowest BCUT2D eigenvalue weighted by Crippen LogP contribution is -2.20. The number of nitrogens with one attached hydrogen (secondary N) is 1. The third kappa shape index (κ3) is 4.08. The molecule has 6 nitrogen and oxygen atoms in total. The van der Waals surface area contributed by atoms with Crippen LogP contribution in [0.5, 0.6) is 0 Å². The number of aromatic nitrogens is 3. The molecular formula is C15H19N3O3S. The van der Waals surface area contributed by atoms with Crippen molar-refractivity contribution in [2.75, 3.05) is 13.7 Å². The van der Waals surface area contributed by atoms with Crippen molar-refractivity contribution in [3.05, 3.63) is 46.4 Å². The van der Waals surface area contributed by atoms with Gasteiger partial charge in [-0.3, -0.25) is 9.36 Å². The van der Waals surface area contributed by atoms with E-state index in [9.17, 15) is 9.59 Å². The molecule has 7 heteroatoms. The quantitative estimate of drug-likeness (QED) is 0.457. The zero-order chi connectivity index (χ0) is 15.9. The maximum Gasteiger partial charge on any atom is 0.343 e. The van der Waals surface area contributed by atoms with Crippen LogP contribution in [0.15, 0.2) is 40.3 Å². The van der Waals surface area contributed by atoms with Gasteiger partial charge in [0.25, 0.3) is 0 Å². The molecular weight excluding hydrogens is 302 g/mol. The molecule has 0 aliphatic heterocycles. The number of hydrogen-bond donors (Lipinski definition) is 1. The molecule has 0 saturated heterocycles. The zero-order valence-electron chi connectivity index (χ0n) is 12.6. The van der Waals surface area contributed by atoms with Gasteiger partial charge in [-0.1, -0.05) is 42.1 Å². The molecule has 1 unspecified atom stereocenters. The molecule has 0 aliphatic rings. The summed E-state index contributed by atoms with van der Waals surface area (Å²) in [6.07, 6.45) is 0.713. The number of nitrogens with zero attached hydrogens (tertiary/aromatic N) is 2. The number of carbonyl (C=O) groups excluding carboxylic acids is 1. The van der Waals surface area contributed by atoms with E-state index >= 15 is 0 Å². The number of ether oxygens (including phenoxy) is 1. The first-order valence-electron chi connectivity index (χ1n) is 7.03. The Labute approximate surface area is 132 Å². The van der Waals surface area contributed by atoms with Crippen molar-refractivity contribution in [2.45, 2.75) is 30.3 Å². The Hall–Kier alpha value is -1.86. The number of carbonyl (C=O) groups is 1. The topological polar surface area (TPSA) is 77.0 Å².